The Hall–Kier alpha value is -1.68. The molecule has 0 spiro atoms. The van der Waals surface area contributed by atoms with Crippen LogP contribution in [0.4, 0.5) is 0 Å². The summed E-state index contributed by atoms with van der Waals surface area (Å²) in [5.74, 6) is 0. The molecule has 0 saturated carbocycles. The van der Waals surface area contributed by atoms with Crippen LogP contribution in [0.2, 0.25) is 0 Å². The third kappa shape index (κ3) is 3.64. The number of para-hydroxylation sites is 1. The van der Waals surface area contributed by atoms with Crippen molar-refractivity contribution < 1.29 is 0 Å². The number of nitrogens with one attached hydrogen (secondary N) is 1. The molecule has 0 atom stereocenters. The van der Waals surface area contributed by atoms with Gasteiger partial charge in [-0.2, -0.15) is 5.10 Å². The van der Waals surface area contributed by atoms with Gasteiger partial charge in [0, 0.05) is 11.9 Å². The molecule has 0 radical (unpaired) electrons. The number of rotatable bonds is 7. The zero-order valence-corrected chi connectivity index (χ0v) is 11.4. The third-order valence-electron chi connectivity index (χ3n) is 3.22. The molecule has 0 amide bonds. The van der Waals surface area contributed by atoms with Gasteiger partial charge in [-0.15, -0.1) is 0 Å². The van der Waals surface area contributed by atoms with E-state index in [1.54, 1.807) is 0 Å². The predicted octanol–water partition coefficient (Wildman–Crippen LogP) is 2.18. The Morgan fingerprint density at radius 1 is 1.21 bits per heavy atom. The van der Waals surface area contributed by atoms with E-state index in [0.717, 1.165) is 30.5 Å². The Morgan fingerprint density at radius 2 is 2.05 bits per heavy atom. The van der Waals surface area contributed by atoms with Gasteiger partial charge in [0.25, 0.3) is 0 Å². The molecule has 4 heteroatoms. The Morgan fingerprint density at radius 3 is 2.89 bits per heavy atom. The summed E-state index contributed by atoms with van der Waals surface area (Å²) in [7, 11) is 0. The van der Waals surface area contributed by atoms with Crippen molar-refractivity contribution in [2.45, 2.75) is 32.7 Å². The summed E-state index contributed by atoms with van der Waals surface area (Å²) >= 11 is 0. The second kappa shape index (κ2) is 7.04. The molecule has 0 fully saturated rings. The first-order valence-electron chi connectivity index (χ1n) is 6.98. The fraction of sp³-hybridized carbons (Fsp3) is 0.467. The van der Waals surface area contributed by atoms with Crippen LogP contribution in [-0.2, 0) is 6.54 Å². The highest BCUT2D eigenvalue weighted by molar-refractivity contribution is 5.77. The van der Waals surface area contributed by atoms with Crippen molar-refractivity contribution in [3.05, 3.63) is 40.7 Å². The van der Waals surface area contributed by atoms with E-state index in [0.29, 0.717) is 0 Å². The van der Waals surface area contributed by atoms with Crippen LogP contribution < -0.4 is 10.7 Å². The van der Waals surface area contributed by atoms with Crippen LogP contribution in [0.25, 0.3) is 10.9 Å². The minimum Gasteiger partial charge on any atom is -0.315 e. The number of hydrogen-bond acceptors (Lipinski definition) is 3. The molecule has 0 aliphatic carbocycles. The molecule has 4 nitrogen and oxygen atoms in total. The molecule has 2 rings (SSSR count). The molecule has 0 saturated heterocycles. The van der Waals surface area contributed by atoms with Gasteiger partial charge in [-0.3, -0.25) is 9.48 Å². The lowest BCUT2D eigenvalue weighted by Crippen LogP contribution is -2.23. The molecule has 2 aromatic rings. The lowest BCUT2D eigenvalue weighted by atomic mass is 10.2. The number of hydrogen-bond donors (Lipinski definition) is 1. The number of nitrogens with zero attached hydrogens (tertiary/aromatic N) is 2. The fourth-order valence-corrected chi connectivity index (χ4v) is 2.15. The molecule has 19 heavy (non-hydrogen) atoms. The monoisotopic (exact) mass is 259 g/mol. The van der Waals surface area contributed by atoms with E-state index in [-0.39, 0.29) is 5.43 Å². The van der Waals surface area contributed by atoms with Gasteiger partial charge in [0.1, 0.15) is 0 Å². The Balaban J connectivity index is 1.98. The van der Waals surface area contributed by atoms with Crippen LogP contribution in [-0.4, -0.2) is 22.9 Å². The first-order chi connectivity index (χ1) is 9.33. The minimum atomic E-state index is -0.0113. The third-order valence-corrected chi connectivity index (χ3v) is 3.22. The van der Waals surface area contributed by atoms with Crippen LogP contribution >= 0.6 is 0 Å². The summed E-state index contributed by atoms with van der Waals surface area (Å²) in [5, 5.41) is 8.35. The SMILES string of the molecule is CCCCCNCCn1ncc(=O)c2ccccc21. The normalized spacial score (nSPS) is 11.0. The maximum Gasteiger partial charge on any atom is 0.207 e. The van der Waals surface area contributed by atoms with Crippen LogP contribution in [0, 0.1) is 0 Å². The van der Waals surface area contributed by atoms with Crippen molar-refractivity contribution in [2.75, 3.05) is 13.1 Å². The molecule has 1 heterocycles. The maximum atomic E-state index is 11.7. The van der Waals surface area contributed by atoms with Gasteiger partial charge in [-0.25, -0.2) is 0 Å². The molecule has 0 unspecified atom stereocenters. The standard InChI is InChI=1S/C15H21N3O/c1-2-3-6-9-16-10-11-18-14-8-5-4-7-13(14)15(19)12-17-18/h4-5,7-8,12,16H,2-3,6,9-11H2,1H3. The Bertz CT molecular complexity index is 577. The topological polar surface area (TPSA) is 46.9 Å². The average molecular weight is 259 g/mol. The molecule has 1 aromatic carbocycles. The highest BCUT2D eigenvalue weighted by atomic mass is 16.1. The number of aromatic nitrogens is 2. The summed E-state index contributed by atoms with van der Waals surface area (Å²) < 4.78 is 1.89. The molecular formula is C15H21N3O. The quantitative estimate of drug-likeness (QED) is 0.775. The molecule has 0 aliphatic heterocycles. The van der Waals surface area contributed by atoms with Crippen LogP contribution in [0.1, 0.15) is 26.2 Å². The number of unbranched alkanes of at least 4 members (excludes halogenated alkanes) is 2. The van der Waals surface area contributed by atoms with Crippen molar-refractivity contribution >= 4 is 10.9 Å². The zero-order chi connectivity index (χ0) is 13.5. The minimum absolute atomic E-state index is 0.0113. The second-order valence-corrected chi connectivity index (χ2v) is 4.71. The summed E-state index contributed by atoms with van der Waals surface area (Å²) in [4.78, 5) is 11.7. The smallest absolute Gasteiger partial charge is 0.207 e. The largest absolute Gasteiger partial charge is 0.315 e. The van der Waals surface area contributed by atoms with Gasteiger partial charge in [-0.1, -0.05) is 31.9 Å². The van der Waals surface area contributed by atoms with Crippen molar-refractivity contribution in [2.24, 2.45) is 0 Å². The van der Waals surface area contributed by atoms with E-state index in [1.807, 2.05) is 28.9 Å². The highest BCUT2D eigenvalue weighted by Gasteiger charge is 2.02. The van der Waals surface area contributed by atoms with Gasteiger partial charge in [0.15, 0.2) is 0 Å². The van der Waals surface area contributed by atoms with E-state index in [4.69, 9.17) is 0 Å². The van der Waals surface area contributed by atoms with Gasteiger partial charge >= 0.3 is 0 Å². The van der Waals surface area contributed by atoms with Crippen molar-refractivity contribution in [3.63, 3.8) is 0 Å². The predicted molar refractivity (Wildman–Crippen MR) is 78.4 cm³/mol. The number of benzene rings is 1. The van der Waals surface area contributed by atoms with Crippen LogP contribution in [0.3, 0.4) is 0 Å². The average Bonchev–Trinajstić information content (AvgIpc) is 2.45. The van der Waals surface area contributed by atoms with Gasteiger partial charge in [-0.05, 0) is 25.1 Å². The zero-order valence-electron chi connectivity index (χ0n) is 11.4. The molecule has 102 valence electrons. The maximum absolute atomic E-state index is 11.7. The van der Waals surface area contributed by atoms with Gasteiger partial charge in [0.2, 0.25) is 5.43 Å². The van der Waals surface area contributed by atoms with Gasteiger partial charge in [0.05, 0.1) is 18.3 Å². The summed E-state index contributed by atoms with van der Waals surface area (Å²) in [6.07, 6.45) is 5.13. The lowest BCUT2D eigenvalue weighted by Gasteiger charge is -2.09. The van der Waals surface area contributed by atoms with Crippen molar-refractivity contribution in [1.82, 2.24) is 15.1 Å². The van der Waals surface area contributed by atoms with Crippen molar-refractivity contribution in [1.29, 1.82) is 0 Å². The van der Waals surface area contributed by atoms with E-state index in [2.05, 4.69) is 17.3 Å². The molecule has 1 N–H and O–H groups in total. The second-order valence-electron chi connectivity index (χ2n) is 4.71. The van der Waals surface area contributed by atoms with E-state index < -0.39 is 0 Å². The molecular weight excluding hydrogens is 238 g/mol. The summed E-state index contributed by atoms with van der Waals surface area (Å²) in [6, 6.07) is 7.62. The van der Waals surface area contributed by atoms with E-state index in [1.165, 1.54) is 25.5 Å². The van der Waals surface area contributed by atoms with Crippen molar-refractivity contribution in [3.8, 4) is 0 Å². The lowest BCUT2D eigenvalue weighted by molar-refractivity contribution is 0.544. The first kappa shape index (κ1) is 13.7. The molecule has 1 aromatic heterocycles. The van der Waals surface area contributed by atoms with Gasteiger partial charge < -0.3 is 5.32 Å². The Kier molecular flexibility index (Phi) is 5.10. The molecule has 0 bridgehead atoms. The van der Waals surface area contributed by atoms with Crippen LogP contribution in [0.15, 0.2) is 35.3 Å². The fourth-order valence-electron chi connectivity index (χ4n) is 2.15. The highest BCUT2D eigenvalue weighted by Crippen LogP contribution is 2.07. The number of fused-ring (bicyclic) bond motifs is 1. The van der Waals surface area contributed by atoms with E-state index in [9.17, 15) is 4.79 Å². The van der Waals surface area contributed by atoms with Crippen LogP contribution in [0.5, 0.6) is 0 Å². The summed E-state index contributed by atoms with van der Waals surface area (Å²) in [5.41, 5.74) is 0.896. The molecule has 0 aliphatic rings. The first-order valence-corrected chi connectivity index (χ1v) is 6.98. The van der Waals surface area contributed by atoms with E-state index >= 15 is 0 Å². The Labute approximate surface area is 113 Å². The summed E-state index contributed by atoms with van der Waals surface area (Å²) in [6.45, 7) is 4.92.